The molecule has 3 atom stereocenters. The van der Waals surface area contributed by atoms with Crippen molar-refractivity contribution in [1.82, 2.24) is 0 Å². The molecule has 2 aliphatic rings. The summed E-state index contributed by atoms with van der Waals surface area (Å²) in [4.78, 5) is 0. The normalized spacial score (nSPS) is 52.2. The second kappa shape index (κ2) is 1.97. The number of rotatable bonds is 1. The molecule has 0 aromatic carbocycles. The summed E-state index contributed by atoms with van der Waals surface area (Å²) < 4.78 is 0. The van der Waals surface area contributed by atoms with E-state index in [0.717, 1.165) is 18.4 Å². The Bertz CT molecular complexity index is 144. The van der Waals surface area contributed by atoms with E-state index < -0.39 is 0 Å². The van der Waals surface area contributed by atoms with Gasteiger partial charge in [-0.3, -0.25) is 0 Å². The molecule has 2 saturated carbocycles. The van der Waals surface area contributed by atoms with Crippen molar-refractivity contribution in [3.05, 3.63) is 0 Å². The van der Waals surface area contributed by atoms with Crippen LogP contribution in [0.5, 0.6) is 0 Å². The van der Waals surface area contributed by atoms with Crippen LogP contribution in [0.25, 0.3) is 0 Å². The van der Waals surface area contributed by atoms with Crippen LogP contribution in [-0.4, -0.2) is 6.54 Å². The minimum Gasteiger partial charge on any atom is -0.330 e. The zero-order valence-corrected chi connectivity index (χ0v) is 6.77. The Kier molecular flexibility index (Phi) is 1.31. The third kappa shape index (κ3) is 0.731. The fourth-order valence-corrected chi connectivity index (χ4v) is 3.04. The minimum atomic E-state index is 0.652. The van der Waals surface area contributed by atoms with E-state index in [2.05, 4.69) is 6.92 Å². The summed E-state index contributed by atoms with van der Waals surface area (Å²) in [5, 5.41) is 0. The van der Waals surface area contributed by atoms with E-state index in [-0.39, 0.29) is 0 Å². The first-order valence-electron chi connectivity index (χ1n) is 4.45. The first-order chi connectivity index (χ1) is 4.74. The van der Waals surface area contributed by atoms with Gasteiger partial charge in [-0.25, -0.2) is 0 Å². The Morgan fingerprint density at radius 1 is 1.60 bits per heavy atom. The van der Waals surface area contributed by atoms with Gasteiger partial charge in [-0.2, -0.15) is 0 Å². The molecule has 58 valence electrons. The van der Waals surface area contributed by atoms with Crippen LogP contribution in [0.15, 0.2) is 0 Å². The van der Waals surface area contributed by atoms with E-state index in [0.29, 0.717) is 5.41 Å². The maximum absolute atomic E-state index is 5.71. The van der Waals surface area contributed by atoms with Gasteiger partial charge < -0.3 is 5.73 Å². The molecule has 0 amide bonds. The standard InChI is InChI=1S/C9H17N/c1-9-3-2-7(5-9)4-8(9)6-10/h7-8H,2-6,10H2,1H3. The highest BCUT2D eigenvalue weighted by Gasteiger charge is 2.47. The lowest BCUT2D eigenvalue weighted by Crippen LogP contribution is -2.28. The van der Waals surface area contributed by atoms with Gasteiger partial charge in [0.1, 0.15) is 0 Å². The van der Waals surface area contributed by atoms with Crippen molar-refractivity contribution in [3.63, 3.8) is 0 Å². The van der Waals surface area contributed by atoms with Crippen molar-refractivity contribution >= 4 is 0 Å². The Morgan fingerprint density at radius 2 is 2.40 bits per heavy atom. The van der Waals surface area contributed by atoms with Crippen molar-refractivity contribution in [3.8, 4) is 0 Å². The Morgan fingerprint density at radius 3 is 2.70 bits per heavy atom. The summed E-state index contributed by atoms with van der Waals surface area (Å²) in [5.41, 5.74) is 6.36. The van der Waals surface area contributed by atoms with Gasteiger partial charge in [-0.15, -0.1) is 0 Å². The maximum atomic E-state index is 5.71. The molecule has 10 heavy (non-hydrogen) atoms. The molecule has 1 heteroatoms. The smallest absolute Gasteiger partial charge is 0.00436 e. The summed E-state index contributed by atoms with van der Waals surface area (Å²) in [5.74, 6) is 1.89. The van der Waals surface area contributed by atoms with Crippen LogP contribution in [-0.2, 0) is 0 Å². The third-order valence-electron chi connectivity index (χ3n) is 3.77. The summed E-state index contributed by atoms with van der Waals surface area (Å²) in [6.07, 6.45) is 5.81. The van der Waals surface area contributed by atoms with E-state index in [4.69, 9.17) is 5.73 Å². The molecular formula is C9H17N. The second-order valence-electron chi connectivity index (χ2n) is 4.43. The van der Waals surface area contributed by atoms with Crippen molar-refractivity contribution < 1.29 is 0 Å². The van der Waals surface area contributed by atoms with Crippen LogP contribution in [0.2, 0.25) is 0 Å². The molecule has 0 aromatic rings. The molecule has 2 fully saturated rings. The predicted octanol–water partition coefficient (Wildman–Crippen LogP) is 1.77. The molecule has 2 aliphatic carbocycles. The maximum Gasteiger partial charge on any atom is -0.00436 e. The highest BCUT2D eigenvalue weighted by Crippen LogP contribution is 2.56. The fourth-order valence-electron chi connectivity index (χ4n) is 3.04. The predicted molar refractivity (Wildman–Crippen MR) is 42.6 cm³/mol. The van der Waals surface area contributed by atoms with Crippen molar-refractivity contribution in [2.24, 2.45) is 23.0 Å². The van der Waals surface area contributed by atoms with Gasteiger partial charge in [0.2, 0.25) is 0 Å². The van der Waals surface area contributed by atoms with Crippen LogP contribution in [0.4, 0.5) is 0 Å². The highest BCUT2D eigenvalue weighted by molar-refractivity contribution is 4.98. The van der Waals surface area contributed by atoms with Gasteiger partial charge in [-0.1, -0.05) is 6.92 Å². The topological polar surface area (TPSA) is 26.0 Å². The quantitative estimate of drug-likeness (QED) is 0.588. The molecule has 0 spiro atoms. The largest absolute Gasteiger partial charge is 0.330 e. The van der Waals surface area contributed by atoms with Crippen LogP contribution in [0.1, 0.15) is 32.6 Å². The second-order valence-corrected chi connectivity index (χ2v) is 4.43. The molecule has 0 radical (unpaired) electrons. The molecule has 1 nitrogen and oxygen atoms in total. The van der Waals surface area contributed by atoms with Gasteiger partial charge in [0, 0.05) is 0 Å². The van der Waals surface area contributed by atoms with Crippen molar-refractivity contribution in [2.75, 3.05) is 6.54 Å². The summed E-state index contributed by atoms with van der Waals surface area (Å²) >= 11 is 0. The minimum absolute atomic E-state index is 0.652. The Balaban J connectivity index is 2.14. The molecule has 0 aliphatic heterocycles. The summed E-state index contributed by atoms with van der Waals surface area (Å²) in [6, 6.07) is 0. The molecule has 0 heterocycles. The van der Waals surface area contributed by atoms with Crippen LogP contribution in [0, 0.1) is 17.3 Å². The van der Waals surface area contributed by atoms with Gasteiger partial charge in [0.05, 0.1) is 0 Å². The van der Waals surface area contributed by atoms with Crippen LogP contribution >= 0.6 is 0 Å². The van der Waals surface area contributed by atoms with Gasteiger partial charge in [0.15, 0.2) is 0 Å². The Labute approximate surface area is 63.0 Å². The molecule has 0 aromatic heterocycles. The molecule has 0 saturated heterocycles. The van der Waals surface area contributed by atoms with E-state index >= 15 is 0 Å². The highest BCUT2D eigenvalue weighted by atomic mass is 14.6. The van der Waals surface area contributed by atoms with Gasteiger partial charge in [0.25, 0.3) is 0 Å². The number of hydrogen-bond donors (Lipinski definition) is 1. The van der Waals surface area contributed by atoms with Crippen molar-refractivity contribution in [1.29, 1.82) is 0 Å². The van der Waals surface area contributed by atoms with Crippen LogP contribution < -0.4 is 5.73 Å². The SMILES string of the molecule is CC12CCC(CC1CN)C2. The van der Waals surface area contributed by atoms with E-state index in [1.807, 2.05) is 0 Å². The molecule has 2 N–H and O–H groups in total. The summed E-state index contributed by atoms with van der Waals surface area (Å²) in [7, 11) is 0. The van der Waals surface area contributed by atoms with Gasteiger partial charge in [-0.05, 0) is 49.5 Å². The molecular weight excluding hydrogens is 122 g/mol. The van der Waals surface area contributed by atoms with E-state index in [1.54, 1.807) is 0 Å². The fraction of sp³-hybridized carbons (Fsp3) is 1.00. The monoisotopic (exact) mass is 139 g/mol. The van der Waals surface area contributed by atoms with Crippen molar-refractivity contribution in [2.45, 2.75) is 32.6 Å². The first-order valence-corrected chi connectivity index (χ1v) is 4.45. The van der Waals surface area contributed by atoms with Gasteiger partial charge >= 0.3 is 0 Å². The number of hydrogen-bond acceptors (Lipinski definition) is 1. The number of nitrogens with two attached hydrogens (primary N) is 1. The summed E-state index contributed by atoms with van der Waals surface area (Å²) in [6.45, 7) is 3.35. The van der Waals surface area contributed by atoms with E-state index in [9.17, 15) is 0 Å². The zero-order valence-electron chi connectivity index (χ0n) is 6.77. The third-order valence-corrected chi connectivity index (χ3v) is 3.77. The zero-order chi connectivity index (χ0) is 7.19. The Hall–Kier alpha value is -0.0400. The molecule has 2 rings (SSSR count). The lowest BCUT2D eigenvalue weighted by Gasteiger charge is -2.30. The molecule has 2 bridgehead atoms. The number of fused-ring (bicyclic) bond motifs is 2. The average Bonchev–Trinajstić information content (AvgIpc) is 2.41. The van der Waals surface area contributed by atoms with E-state index in [1.165, 1.54) is 25.7 Å². The molecule has 3 unspecified atom stereocenters. The average molecular weight is 139 g/mol. The lowest BCUT2D eigenvalue weighted by molar-refractivity contribution is 0.217. The lowest BCUT2D eigenvalue weighted by atomic mass is 9.77. The van der Waals surface area contributed by atoms with Crippen LogP contribution in [0.3, 0.4) is 0 Å². The first kappa shape index (κ1) is 6.66.